The summed E-state index contributed by atoms with van der Waals surface area (Å²) < 4.78 is 17.6. The zero-order valence-corrected chi connectivity index (χ0v) is 15.7. The second-order valence-corrected chi connectivity index (χ2v) is 8.88. The van der Waals surface area contributed by atoms with E-state index < -0.39 is 0 Å². The van der Waals surface area contributed by atoms with Gasteiger partial charge in [0.15, 0.2) is 0 Å². The fourth-order valence-electron chi connectivity index (χ4n) is 5.25. The van der Waals surface area contributed by atoms with Crippen molar-refractivity contribution in [2.75, 3.05) is 0 Å². The van der Waals surface area contributed by atoms with Gasteiger partial charge >= 0.3 is 11.9 Å². The van der Waals surface area contributed by atoms with Crippen LogP contribution in [0.15, 0.2) is 11.1 Å². The number of rotatable bonds is 3. The molecule has 0 unspecified atom stereocenters. The molecule has 3 fully saturated rings. The Morgan fingerprint density at radius 3 is 2.76 bits per heavy atom. The Hall–Kier alpha value is -1.36. The number of fused-ring (bicyclic) bond motifs is 5. The van der Waals surface area contributed by atoms with Crippen molar-refractivity contribution < 1.29 is 23.8 Å². The highest BCUT2D eigenvalue weighted by Crippen LogP contribution is 2.62. The predicted molar refractivity (Wildman–Crippen MR) is 90.6 cm³/mol. The van der Waals surface area contributed by atoms with Crippen molar-refractivity contribution in [2.45, 2.75) is 77.8 Å². The third kappa shape index (κ3) is 2.54. The summed E-state index contributed by atoms with van der Waals surface area (Å²) in [7, 11) is 0. The summed E-state index contributed by atoms with van der Waals surface area (Å²) in [4.78, 5) is 24.6. The van der Waals surface area contributed by atoms with Crippen LogP contribution >= 0.6 is 0 Å². The minimum absolute atomic E-state index is 0.0964. The average Bonchev–Trinajstić information content (AvgIpc) is 2.96. The van der Waals surface area contributed by atoms with E-state index in [1.54, 1.807) is 0 Å². The van der Waals surface area contributed by atoms with Crippen LogP contribution in [-0.2, 0) is 23.8 Å². The van der Waals surface area contributed by atoms with Crippen LogP contribution in [0, 0.1) is 23.7 Å². The lowest BCUT2D eigenvalue weighted by Gasteiger charge is -2.31. The van der Waals surface area contributed by atoms with E-state index in [-0.39, 0.29) is 59.5 Å². The largest absolute Gasteiger partial charge is 0.462 e. The van der Waals surface area contributed by atoms with E-state index in [0.29, 0.717) is 12.8 Å². The molecule has 2 aliphatic heterocycles. The summed E-state index contributed by atoms with van der Waals surface area (Å²) in [6, 6.07) is 0. The third-order valence-corrected chi connectivity index (χ3v) is 6.63. The van der Waals surface area contributed by atoms with Gasteiger partial charge in [-0.3, -0.25) is 9.59 Å². The monoisotopic (exact) mass is 348 g/mol. The van der Waals surface area contributed by atoms with E-state index in [0.717, 1.165) is 6.42 Å². The maximum atomic E-state index is 12.3. The maximum absolute atomic E-state index is 12.3. The Morgan fingerprint density at radius 2 is 2.08 bits per heavy atom. The second kappa shape index (κ2) is 5.57. The first-order valence-corrected chi connectivity index (χ1v) is 9.48. The number of esters is 2. The summed E-state index contributed by atoms with van der Waals surface area (Å²) in [5.41, 5.74) is 2.42. The van der Waals surface area contributed by atoms with Gasteiger partial charge in [0, 0.05) is 24.7 Å². The van der Waals surface area contributed by atoms with Crippen LogP contribution in [0.1, 0.15) is 53.9 Å². The lowest BCUT2D eigenvalue weighted by Crippen LogP contribution is -2.41. The first kappa shape index (κ1) is 17.1. The highest BCUT2D eigenvalue weighted by atomic mass is 16.6. The van der Waals surface area contributed by atoms with Gasteiger partial charge < -0.3 is 14.2 Å². The van der Waals surface area contributed by atoms with Gasteiger partial charge in [-0.25, -0.2) is 0 Å². The SMILES string of the molecule is CC1=C2C[C@H]3O[C@@]3(C)[C@@H]2[C@H]2OC(=O)[C@@H](C)[C@@H]2[C@@H](OC(=O)CC(C)C)C1. The summed E-state index contributed by atoms with van der Waals surface area (Å²) in [5, 5.41) is 0. The van der Waals surface area contributed by atoms with E-state index in [1.165, 1.54) is 11.1 Å². The fourth-order valence-corrected chi connectivity index (χ4v) is 5.25. The molecule has 2 heterocycles. The van der Waals surface area contributed by atoms with Gasteiger partial charge in [-0.1, -0.05) is 31.9 Å². The van der Waals surface area contributed by atoms with Crippen LogP contribution in [0.2, 0.25) is 0 Å². The molecular formula is C20H28O5. The number of epoxide rings is 1. The Kier molecular flexibility index (Phi) is 3.80. The Balaban J connectivity index is 1.67. The lowest BCUT2D eigenvalue weighted by atomic mass is 9.78. The van der Waals surface area contributed by atoms with Gasteiger partial charge in [0.2, 0.25) is 0 Å². The van der Waals surface area contributed by atoms with Crippen molar-refractivity contribution >= 4 is 11.9 Å². The zero-order valence-electron chi connectivity index (χ0n) is 15.7. The van der Waals surface area contributed by atoms with Gasteiger partial charge in [0.25, 0.3) is 0 Å². The van der Waals surface area contributed by atoms with Crippen molar-refractivity contribution in [1.29, 1.82) is 0 Å². The molecule has 0 aromatic carbocycles. The van der Waals surface area contributed by atoms with E-state index in [2.05, 4.69) is 13.8 Å². The molecule has 0 bridgehead atoms. The van der Waals surface area contributed by atoms with Crippen LogP contribution in [0.3, 0.4) is 0 Å². The van der Waals surface area contributed by atoms with Crippen molar-refractivity contribution in [3.63, 3.8) is 0 Å². The lowest BCUT2D eigenvalue weighted by molar-refractivity contribution is -0.154. The molecule has 2 aliphatic carbocycles. The average molecular weight is 348 g/mol. The van der Waals surface area contributed by atoms with Crippen LogP contribution in [0.4, 0.5) is 0 Å². The maximum Gasteiger partial charge on any atom is 0.309 e. The summed E-state index contributed by atoms with van der Waals surface area (Å²) in [6.45, 7) is 10.2. The van der Waals surface area contributed by atoms with Gasteiger partial charge in [0.1, 0.15) is 17.8 Å². The molecule has 4 aliphatic rings. The minimum Gasteiger partial charge on any atom is -0.462 e. The first-order valence-electron chi connectivity index (χ1n) is 9.48. The highest BCUT2D eigenvalue weighted by molar-refractivity contribution is 5.76. The standard InChI is InChI=1S/C20H28O5/c1-9(2)6-15(21)23-13-7-10(3)12-8-14-20(5,25-14)17(12)18-16(13)11(4)19(22)24-18/h9,11,13-14,16-18H,6-8H2,1-5H3/t11-,13-,14+,16+,17-,18-,20+/m0/s1. The van der Waals surface area contributed by atoms with Crippen LogP contribution in [0.25, 0.3) is 0 Å². The molecule has 2 saturated heterocycles. The number of carbonyl (C=O) groups is 2. The smallest absolute Gasteiger partial charge is 0.309 e. The van der Waals surface area contributed by atoms with E-state index in [9.17, 15) is 9.59 Å². The number of hydrogen-bond donors (Lipinski definition) is 0. The molecule has 0 aromatic heterocycles. The molecule has 0 radical (unpaired) electrons. The molecule has 138 valence electrons. The Labute approximate surface area is 149 Å². The molecule has 5 nitrogen and oxygen atoms in total. The molecule has 25 heavy (non-hydrogen) atoms. The molecular weight excluding hydrogens is 320 g/mol. The topological polar surface area (TPSA) is 65.1 Å². The quantitative estimate of drug-likeness (QED) is 0.446. The second-order valence-electron chi connectivity index (χ2n) is 8.88. The van der Waals surface area contributed by atoms with Gasteiger partial charge in [-0.05, 0) is 26.2 Å². The number of ether oxygens (including phenoxy) is 3. The van der Waals surface area contributed by atoms with Crippen LogP contribution < -0.4 is 0 Å². The fraction of sp³-hybridized carbons (Fsp3) is 0.800. The van der Waals surface area contributed by atoms with Crippen molar-refractivity contribution in [3.05, 3.63) is 11.1 Å². The van der Waals surface area contributed by atoms with E-state index in [1.807, 2.05) is 20.8 Å². The summed E-state index contributed by atoms with van der Waals surface area (Å²) in [5.74, 6) is -0.346. The van der Waals surface area contributed by atoms with E-state index >= 15 is 0 Å². The Bertz CT molecular complexity index is 650. The number of carbonyl (C=O) groups excluding carboxylic acids is 2. The minimum atomic E-state index is -0.295. The molecule has 4 rings (SSSR count). The van der Waals surface area contributed by atoms with Gasteiger partial charge in [0.05, 0.1) is 12.0 Å². The molecule has 0 N–H and O–H groups in total. The summed E-state index contributed by atoms with van der Waals surface area (Å²) in [6.07, 6.45) is 1.72. The molecule has 7 atom stereocenters. The predicted octanol–water partition coefficient (Wildman–Crippen LogP) is 3.02. The summed E-state index contributed by atoms with van der Waals surface area (Å²) >= 11 is 0. The third-order valence-electron chi connectivity index (χ3n) is 6.63. The Morgan fingerprint density at radius 1 is 1.36 bits per heavy atom. The zero-order chi connectivity index (χ0) is 18.1. The molecule has 5 heteroatoms. The number of hydrogen-bond acceptors (Lipinski definition) is 5. The van der Waals surface area contributed by atoms with Crippen molar-refractivity contribution in [3.8, 4) is 0 Å². The van der Waals surface area contributed by atoms with Crippen LogP contribution in [-0.4, -0.2) is 35.9 Å². The first-order chi connectivity index (χ1) is 11.7. The van der Waals surface area contributed by atoms with Crippen molar-refractivity contribution in [1.82, 2.24) is 0 Å². The normalized spacial score (nSPS) is 44.8. The highest BCUT2D eigenvalue weighted by Gasteiger charge is 2.70. The molecule has 0 spiro atoms. The van der Waals surface area contributed by atoms with E-state index in [4.69, 9.17) is 14.2 Å². The molecule has 1 saturated carbocycles. The van der Waals surface area contributed by atoms with Crippen molar-refractivity contribution in [2.24, 2.45) is 23.7 Å². The molecule has 0 aromatic rings. The van der Waals surface area contributed by atoms with Crippen LogP contribution in [0.5, 0.6) is 0 Å². The van der Waals surface area contributed by atoms with Gasteiger partial charge in [-0.2, -0.15) is 0 Å². The molecule has 0 amide bonds. The van der Waals surface area contributed by atoms with Gasteiger partial charge in [-0.15, -0.1) is 0 Å².